The first-order valence-electron chi connectivity index (χ1n) is 11.1. The van der Waals surface area contributed by atoms with E-state index in [0.717, 1.165) is 36.1 Å². The zero-order valence-electron chi connectivity index (χ0n) is 18.0. The van der Waals surface area contributed by atoms with Gasteiger partial charge in [-0.05, 0) is 55.2 Å². The molecule has 2 bridgehead atoms. The highest BCUT2D eigenvalue weighted by molar-refractivity contribution is 7.17. The number of carbonyl (C=O) groups excluding carboxylic acids is 2. The number of nitrogens with one attached hydrogen (secondary N) is 2. The first-order valence-corrected chi connectivity index (χ1v) is 12.0. The molecule has 0 spiro atoms. The van der Waals surface area contributed by atoms with Crippen molar-refractivity contribution in [3.63, 3.8) is 0 Å². The molecule has 1 saturated heterocycles. The Balaban J connectivity index is 1.16. The SMILES string of the molecule is CC(Nc1nc(C(=O)N2CC(NC(=O)C34CC(C3)C4)C2)c2sccc2n1)c1cncc(F)c1. The topological polar surface area (TPSA) is 100 Å². The lowest BCUT2D eigenvalue weighted by Crippen LogP contribution is -2.67. The van der Waals surface area contributed by atoms with E-state index in [9.17, 15) is 14.0 Å². The van der Waals surface area contributed by atoms with Crippen molar-refractivity contribution in [2.45, 2.75) is 38.3 Å². The summed E-state index contributed by atoms with van der Waals surface area (Å²) in [5.41, 5.74) is 1.56. The normalized spacial score (nSPS) is 24.4. The maximum atomic E-state index is 13.5. The molecule has 3 aromatic rings. The van der Waals surface area contributed by atoms with Gasteiger partial charge in [0.05, 0.1) is 28.5 Å². The number of hydrogen-bond donors (Lipinski definition) is 2. The van der Waals surface area contributed by atoms with Crippen LogP contribution in [0.25, 0.3) is 10.2 Å². The number of aromatic nitrogens is 3. The number of pyridine rings is 1. The van der Waals surface area contributed by atoms with Crippen LogP contribution in [-0.4, -0.2) is 50.8 Å². The summed E-state index contributed by atoms with van der Waals surface area (Å²) in [6.07, 6.45) is 5.79. The molecule has 8 nitrogen and oxygen atoms in total. The van der Waals surface area contributed by atoms with Crippen LogP contribution < -0.4 is 10.6 Å². The van der Waals surface area contributed by atoms with E-state index in [0.29, 0.717) is 35.8 Å². The Labute approximate surface area is 193 Å². The van der Waals surface area contributed by atoms with Crippen LogP contribution >= 0.6 is 11.3 Å². The minimum absolute atomic E-state index is 0.00534. The predicted molar refractivity (Wildman–Crippen MR) is 121 cm³/mol. The van der Waals surface area contributed by atoms with Crippen molar-refractivity contribution in [3.05, 3.63) is 47.0 Å². The van der Waals surface area contributed by atoms with Gasteiger partial charge in [-0.1, -0.05) is 0 Å². The fourth-order valence-electron chi connectivity index (χ4n) is 5.00. The predicted octanol–water partition coefficient (Wildman–Crippen LogP) is 3.14. The van der Waals surface area contributed by atoms with Crippen LogP contribution in [-0.2, 0) is 4.79 Å². The summed E-state index contributed by atoms with van der Waals surface area (Å²) < 4.78 is 14.3. The number of halogens is 1. The molecule has 1 unspecified atom stereocenters. The second kappa shape index (κ2) is 7.44. The summed E-state index contributed by atoms with van der Waals surface area (Å²) in [5, 5.41) is 8.15. The first kappa shape index (κ1) is 20.5. The zero-order valence-corrected chi connectivity index (χ0v) is 18.9. The summed E-state index contributed by atoms with van der Waals surface area (Å²) in [4.78, 5) is 40.4. The second-order valence-corrected chi connectivity index (χ2v) is 10.4. The van der Waals surface area contributed by atoms with E-state index in [4.69, 9.17) is 0 Å². The molecule has 1 atom stereocenters. The molecule has 33 heavy (non-hydrogen) atoms. The summed E-state index contributed by atoms with van der Waals surface area (Å²) in [5.74, 6) is 0.611. The Morgan fingerprint density at radius 2 is 2.03 bits per heavy atom. The lowest BCUT2D eigenvalue weighted by molar-refractivity contribution is -0.166. The van der Waals surface area contributed by atoms with Gasteiger partial charge in [0, 0.05) is 24.7 Å². The third kappa shape index (κ3) is 3.43. The average molecular weight is 467 g/mol. The number of nitrogens with zero attached hydrogens (tertiary/aromatic N) is 4. The van der Waals surface area contributed by atoms with Gasteiger partial charge in [-0.15, -0.1) is 11.3 Å². The Morgan fingerprint density at radius 1 is 1.24 bits per heavy atom. The first-order chi connectivity index (χ1) is 15.9. The molecular weight excluding hydrogens is 443 g/mol. The van der Waals surface area contributed by atoms with Gasteiger partial charge in [-0.3, -0.25) is 14.6 Å². The van der Waals surface area contributed by atoms with Crippen molar-refractivity contribution < 1.29 is 14.0 Å². The van der Waals surface area contributed by atoms with Crippen LogP contribution in [0.15, 0.2) is 29.9 Å². The molecule has 2 amide bonds. The van der Waals surface area contributed by atoms with Crippen LogP contribution in [0, 0.1) is 17.2 Å². The molecule has 1 aliphatic heterocycles. The highest BCUT2D eigenvalue weighted by Gasteiger charge is 2.61. The zero-order chi connectivity index (χ0) is 22.7. The molecule has 3 aliphatic carbocycles. The van der Waals surface area contributed by atoms with Gasteiger partial charge in [0.15, 0.2) is 5.69 Å². The van der Waals surface area contributed by atoms with E-state index in [1.165, 1.54) is 17.4 Å². The van der Waals surface area contributed by atoms with Crippen molar-refractivity contribution in [2.24, 2.45) is 11.3 Å². The highest BCUT2D eigenvalue weighted by atomic mass is 32.1. The second-order valence-electron chi connectivity index (χ2n) is 9.47. The molecule has 4 heterocycles. The Hall–Kier alpha value is -3.14. The summed E-state index contributed by atoms with van der Waals surface area (Å²) in [6, 6.07) is 2.95. The molecule has 4 aliphatic rings. The molecule has 10 heteroatoms. The molecule has 4 fully saturated rings. The van der Waals surface area contributed by atoms with Crippen LogP contribution in [0.3, 0.4) is 0 Å². The van der Waals surface area contributed by atoms with E-state index >= 15 is 0 Å². The van der Waals surface area contributed by atoms with E-state index in [2.05, 4.69) is 25.6 Å². The number of likely N-dealkylation sites (tertiary alicyclic amines) is 1. The lowest BCUT2D eigenvalue weighted by Gasteiger charge is -2.60. The minimum Gasteiger partial charge on any atom is -0.349 e. The van der Waals surface area contributed by atoms with E-state index in [1.54, 1.807) is 11.1 Å². The van der Waals surface area contributed by atoms with E-state index in [1.807, 2.05) is 18.4 Å². The monoisotopic (exact) mass is 466 g/mol. The van der Waals surface area contributed by atoms with Gasteiger partial charge in [-0.2, -0.15) is 0 Å². The van der Waals surface area contributed by atoms with Crippen molar-refractivity contribution in [3.8, 4) is 0 Å². The van der Waals surface area contributed by atoms with E-state index < -0.39 is 5.82 Å². The third-order valence-electron chi connectivity index (χ3n) is 7.10. The molecule has 0 radical (unpaired) electrons. The fourth-order valence-corrected chi connectivity index (χ4v) is 5.81. The Morgan fingerprint density at radius 3 is 2.73 bits per heavy atom. The Kier molecular flexibility index (Phi) is 4.62. The molecule has 2 N–H and O–H groups in total. The van der Waals surface area contributed by atoms with Crippen LogP contribution in [0.2, 0.25) is 0 Å². The molecule has 3 aromatic heterocycles. The van der Waals surface area contributed by atoms with Gasteiger partial charge in [0.25, 0.3) is 5.91 Å². The highest BCUT2D eigenvalue weighted by Crippen LogP contribution is 2.64. The van der Waals surface area contributed by atoms with Crippen molar-refractivity contribution in [2.75, 3.05) is 18.4 Å². The number of thiophene rings is 1. The maximum Gasteiger partial charge on any atom is 0.274 e. The van der Waals surface area contributed by atoms with Gasteiger partial charge in [0.2, 0.25) is 11.9 Å². The number of rotatable bonds is 6. The maximum absolute atomic E-state index is 13.5. The summed E-state index contributed by atoms with van der Waals surface area (Å²) >= 11 is 1.42. The van der Waals surface area contributed by atoms with Crippen molar-refractivity contribution in [1.29, 1.82) is 0 Å². The number of carbonyl (C=O) groups is 2. The number of hydrogen-bond acceptors (Lipinski definition) is 7. The van der Waals surface area contributed by atoms with Crippen LogP contribution in [0.1, 0.15) is 48.3 Å². The van der Waals surface area contributed by atoms with Gasteiger partial charge in [0.1, 0.15) is 5.82 Å². The summed E-state index contributed by atoms with van der Waals surface area (Å²) in [7, 11) is 0. The van der Waals surface area contributed by atoms with E-state index in [-0.39, 0.29) is 29.3 Å². The van der Waals surface area contributed by atoms with Crippen molar-refractivity contribution >= 4 is 39.3 Å². The fraction of sp³-hybridized carbons (Fsp3) is 0.435. The number of fused-ring (bicyclic) bond motifs is 1. The minimum atomic E-state index is -0.417. The molecule has 170 valence electrons. The summed E-state index contributed by atoms with van der Waals surface area (Å²) in [6.45, 7) is 2.82. The number of anilines is 1. The van der Waals surface area contributed by atoms with Gasteiger partial charge >= 0.3 is 0 Å². The van der Waals surface area contributed by atoms with Crippen LogP contribution in [0.5, 0.6) is 0 Å². The molecule has 0 aromatic carbocycles. The lowest BCUT2D eigenvalue weighted by atomic mass is 9.44. The average Bonchev–Trinajstić information content (AvgIpc) is 3.15. The molecule has 7 rings (SSSR count). The third-order valence-corrected chi connectivity index (χ3v) is 8.01. The number of amides is 2. The Bertz CT molecular complexity index is 1260. The van der Waals surface area contributed by atoms with Crippen LogP contribution in [0.4, 0.5) is 10.3 Å². The van der Waals surface area contributed by atoms with Gasteiger partial charge in [-0.25, -0.2) is 14.4 Å². The molecule has 3 saturated carbocycles. The standard InChI is InChI=1S/C23H23FN6O2S/c1-12(14-4-15(24)9-25-8-14)26-22-28-17-2-3-33-19(17)18(29-22)20(31)30-10-16(11-30)27-21(32)23-5-13(6-23)7-23/h2-4,8-9,12-13,16H,5-7,10-11H2,1H3,(H,27,32)(H,26,28,29). The quantitative estimate of drug-likeness (QED) is 0.579. The van der Waals surface area contributed by atoms with Gasteiger partial charge < -0.3 is 15.5 Å². The molecular formula is C23H23FN6O2S. The van der Waals surface area contributed by atoms with Crippen molar-refractivity contribution in [1.82, 2.24) is 25.2 Å². The largest absolute Gasteiger partial charge is 0.349 e. The smallest absolute Gasteiger partial charge is 0.274 e.